The molecule has 0 bridgehead atoms. The standard InChI is InChI=1S/C20H17ClF2N6O/c1-13(29-9-19(26-27-29)14-3-2-4-15(21)7-14)20(30,10-28-12-24-11-25-28)17-6-5-16(22)8-18(17)23/h2-9,11-13,30H,10H2,1H3/t13-,20-/m1/s1. The fourth-order valence-electron chi connectivity index (χ4n) is 3.31. The lowest BCUT2D eigenvalue weighted by atomic mass is 9.86. The first-order valence-corrected chi connectivity index (χ1v) is 9.43. The maximum atomic E-state index is 14.7. The number of aromatic nitrogens is 6. The van der Waals surface area contributed by atoms with Gasteiger partial charge in [0.05, 0.1) is 18.8 Å². The highest BCUT2D eigenvalue weighted by atomic mass is 35.5. The zero-order valence-electron chi connectivity index (χ0n) is 15.8. The molecule has 2 aromatic carbocycles. The number of hydrogen-bond donors (Lipinski definition) is 1. The Balaban J connectivity index is 1.75. The molecule has 0 fully saturated rings. The van der Waals surface area contributed by atoms with Crippen molar-refractivity contribution in [2.45, 2.75) is 25.1 Å². The summed E-state index contributed by atoms with van der Waals surface area (Å²) in [7, 11) is 0. The van der Waals surface area contributed by atoms with Crippen LogP contribution in [0.2, 0.25) is 5.02 Å². The molecule has 0 saturated heterocycles. The van der Waals surface area contributed by atoms with Gasteiger partial charge in [-0.2, -0.15) is 5.10 Å². The van der Waals surface area contributed by atoms with Crippen LogP contribution in [0.5, 0.6) is 0 Å². The van der Waals surface area contributed by atoms with Crippen LogP contribution in [0.15, 0.2) is 61.3 Å². The first-order valence-electron chi connectivity index (χ1n) is 9.05. The van der Waals surface area contributed by atoms with Crippen molar-refractivity contribution in [1.82, 2.24) is 29.8 Å². The Morgan fingerprint density at radius 2 is 2.03 bits per heavy atom. The summed E-state index contributed by atoms with van der Waals surface area (Å²) in [5, 5.41) is 24.4. The van der Waals surface area contributed by atoms with E-state index in [4.69, 9.17) is 11.6 Å². The maximum absolute atomic E-state index is 14.7. The van der Waals surface area contributed by atoms with E-state index in [1.807, 2.05) is 6.07 Å². The highest BCUT2D eigenvalue weighted by molar-refractivity contribution is 6.30. The summed E-state index contributed by atoms with van der Waals surface area (Å²) in [6, 6.07) is 9.34. The molecule has 0 radical (unpaired) electrons. The molecule has 0 saturated carbocycles. The van der Waals surface area contributed by atoms with Crippen LogP contribution in [0.3, 0.4) is 0 Å². The molecule has 2 heterocycles. The Bertz CT molecular complexity index is 1170. The van der Waals surface area contributed by atoms with E-state index >= 15 is 0 Å². The lowest BCUT2D eigenvalue weighted by molar-refractivity contribution is -0.0374. The SMILES string of the molecule is C[C@@H](n1cc(-c2cccc(Cl)c2)nn1)[C@](O)(Cn1cncn1)c1ccc(F)cc1F. The minimum Gasteiger partial charge on any atom is -0.381 e. The number of halogens is 3. The predicted molar refractivity (Wildman–Crippen MR) is 105 cm³/mol. The van der Waals surface area contributed by atoms with Gasteiger partial charge in [-0.25, -0.2) is 23.1 Å². The van der Waals surface area contributed by atoms with Crippen LogP contribution in [0, 0.1) is 11.6 Å². The van der Waals surface area contributed by atoms with Gasteiger partial charge in [0, 0.05) is 22.2 Å². The minimum absolute atomic E-state index is 0.0910. The Morgan fingerprint density at radius 1 is 1.20 bits per heavy atom. The third-order valence-electron chi connectivity index (χ3n) is 4.99. The van der Waals surface area contributed by atoms with E-state index in [-0.39, 0.29) is 12.1 Å². The molecule has 2 atom stereocenters. The van der Waals surface area contributed by atoms with Crippen molar-refractivity contribution in [3.63, 3.8) is 0 Å². The highest BCUT2D eigenvalue weighted by Crippen LogP contribution is 2.36. The van der Waals surface area contributed by atoms with Crippen LogP contribution in [-0.4, -0.2) is 34.9 Å². The van der Waals surface area contributed by atoms with Crippen LogP contribution < -0.4 is 0 Å². The van der Waals surface area contributed by atoms with E-state index in [0.717, 1.165) is 17.7 Å². The van der Waals surface area contributed by atoms with Crippen molar-refractivity contribution in [1.29, 1.82) is 0 Å². The van der Waals surface area contributed by atoms with Crippen molar-refractivity contribution in [2.75, 3.05) is 0 Å². The van der Waals surface area contributed by atoms with Crippen LogP contribution in [0.25, 0.3) is 11.3 Å². The molecular weight excluding hydrogens is 414 g/mol. The van der Waals surface area contributed by atoms with Crippen LogP contribution in [-0.2, 0) is 12.1 Å². The van der Waals surface area contributed by atoms with Gasteiger partial charge >= 0.3 is 0 Å². The van der Waals surface area contributed by atoms with Gasteiger partial charge in [0.1, 0.15) is 35.6 Å². The zero-order chi connectivity index (χ0) is 21.3. The molecule has 4 rings (SSSR count). The molecule has 4 aromatic rings. The summed E-state index contributed by atoms with van der Waals surface area (Å²) in [4.78, 5) is 3.86. The monoisotopic (exact) mass is 430 g/mol. The number of aliphatic hydroxyl groups is 1. The van der Waals surface area contributed by atoms with Gasteiger partial charge in [-0.05, 0) is 25.1 Å². The molecule has 10 heteroatoms. The largest absolute Gasteiger partial charge is 0.381 e. The Labute approximate surface area is 175 Å². The zero-order valence-corrected chi connectivity index (χ0v) is 16.6. The topological polar surface area (TPSA) is 81.6 Å². The molecule has 0 aliphatic carbocycles. The van der Waals surface area contributed by atoms with E-state index in [9.17, 15) is 13.9 Å². The molecule has 30 heavy (non-hydrogen) atoms. The third kappa shape index (κ3) is 3.81. The fourth-order valence-corrected chi connectivity index (χ4v) is 3.50. The van der Waals surface area contributed by atoms with Gasteiger partial charge in [0.25, 0.3) is 0 Å². The van der Waals surface area contributed by atoms with Crippen LogP contribution in [0.4, 0.5) is 8.78 Å². The summed E-state index contributed by atoms with van der Waals surface area (Å²) in [5.41, 5.74) is -0.641. The van der Waals surface area contributed by atoms with E-state index in [2.05, 4.69) is 20.4 Å². The van der Waals surface area contributed by atoms with Gasteiger partial charge < -0.3 is 5.11 Å². The average molecular weight is 431 g/mol. The lowest BCUT2D eigenvalue weighted by Crippen LogP contribution is -2.41. The fraction of sp³-hybridized carbons (Fsp3) is 0.200. The Morgan fingerprint density at radius 3 is 2.73 bits per heavy atom. The Hall–Kier alpha value is -3.17. The van der Waals surface area contributed by atoms with Crippen molar-refractivity contribution in [3.05, 3.63) is 83.5 Å². The van der Waals surface area contributed by atoms with Crippen molar-refractivity contribution < 1.29 is 13.9 Å². The van der Waals surface area contributed by atoms with E-state index in [1.54, 1.807) is 31.3 Å². The van der Waals surface area contributed by atoms with Gasteiger partial charge in [-0.15, -0.1) is 5.10 Å². The number of benzene rings is 2. The first kappa shape index (κ1) is 20.1. The highest BCUT2D eigenvalue weighted by Gasteiger charge is 2.41. The van der Waals surface area contributed by atoms with Crippen molar-refractivity contribution in [2.24, 2.45) is 0 Å². The molecule has 0 aliphatic heterocycles. The molecular formula is C20H17ClF2N6O. The van der Waals surface area contributed by atoms with E-state index in [0.29, 0.717) is 10.7 Å². The smallest absolute Gasteiger partial charge is 0.137 e. The number of hydrogen-bond acceptors (Lipinski definition) is 5. The van der Waals surface area contributed by atoms with E-state index < -0.39 is 23.3 Å². The molecule has 0 amide bonds. The molecule has 1 N–H and O–H groups in total. The summed E-state index contributed by atoms with van der Waals surface area (Å²) in [6.07, 6.45) is 4.33. The summed E-state index contributed by atoms with van der Waals surface area (Å²) in [6.45, 7) is 1.53. The minimum atomic E-state index is -1.83. The first-order chi connectivity index (χ1) is 14.4. The summed E-state index contributed by atoms with van der Waals surface area (Å²) < 4.78 is 30.9. The van der Waals surface area contributed by atoms with Gasteiger partial charge in [-0.1, -0.05) is 35.0 Å². The maximum Gasteiger partial charge on any atom is 0.137 e. The second-order valence-corrected chi connectivity index (χ2v) is 7.35. The molecule has 7 nitrogen and oxygen atoms in total. The van der Waals surface area contributed by atoms with Gasteiger partial charge in [0.15, 0.2) is 0 Å². The van der Waals surface area contributed by atoms with Crippen molar-refractivity contribution in [3.8, 4) is 11.3 Å². The molecule has 154 valence electrons. The number of rotatable bonds is 6. The predicted octanol–water partition coefficient (Wildman–Crippen LogP) is 3.62. The third-order valence-corrected chi connectivity index (χ3v) is 5.22. The average Bonchev–Trinajstić information content (AvgIpc) is 3.39. The summed E-state index contributed by atoms with van der Waals surface area (Å²) >= 11 is 6.04. The van der Waals surface area contributed by atoms with E-state index in [1.165, 1.54) is 28.1 Å². The van der Waals surface area contributed by atoms with Crippen LogP contribution in [0.1, 0.15) is 18.5 Å². The lowest BCUT2D eigenvalue weighted by Gasteiger charge is -2.34. The molecule has 0 unspecified atom stereocenters. The Kier molecular flexibility index (Phi) is 5.31. The van der Waals surface area contributed by atoms with Gasteiger partial charge in [0.2, 0.25) is 0 Å². The second kappa shape index (κ2) is 7.92. The quantitative estimate of drug-likeness (QED) is 0.505. The second-order valence-electron chi connectivity index (χ2n) is 6.91. The molecule has 2 aromatic heterocycles. The molecule has 0 spiro atoms. The van der Waals surface area contributed by atoms with Crippen molar-refractivity contribution >= 4 is 11.6 Å². The van der Waals surface area contributed by atoms with Crippen LogP contribution >= 0.6 is 11.6 Å². The van der Waals surface area contributed by atoms with Gasteiger partial charge in [-0.3, -0.25) is 0 Å². The number of nitrogens with zero attached hydrogens (tertiary/aromatic N) is 6. The molecule has 0 aliphatic rings. The normalized spacial score (nSPS) is 14.4. The summed E-state index contributed by atoms with van der Waals surface area (Å²) in [5.74, 6) is -1.62.